The summed E-state index contributed by atoms with van der Waals surface area (Å²) < 4.78 is 1.44. The standard InChI is InChI=1S/C6H9N3O/c1-3-4-5-7-8-6(10)9(5)2/h3-4H,1-2H3,(H,8,10)/b4-3+. The molecule has 0 aliphatic carbocycles. The summed E-state index contributed by atoms with van der Waals surface area (Å²) in [5.74, 6) is 0.646. The number of hydrogen-bond donors (Lipinski definition) is 1. The molecule has 0 atom stereocenters. The molecule has 1 rings (SSSR count). The first kappa shape index (κ1) is 6.80. The van der Waals surface area contributed by atoms with Crippen molar-refractivity contribution in [3.05, 3.63) is 22.4 Å². The molecule has 0 radical (unpaired) electrons. The van der Waals surface area contributed by atoms with Crippen LogP contribution in [0, 0.1) is 0 Å². The van der Waals surface area contributed by atoms with E-state index in [1.54, 1.807) is 13.1 Å². The highest BCUT2D eigenvalue weighted by atomic mass is 16.1. The van der Waals surface area contributed by atoms with E-state index in [2.05, 4.69) is 10.2 Å². The molecular formula is C6H9N3O. The second kappa shape index (κ2) is 2.51. The summed E-state index contributed by atoms with van der Waals surface area (Å²) in [6.07, 6.45) is 3.59. The minimum atomic E-state index is -0.187. The van der Waals surface area contributed by atoms with Gasteiger partial charge in [-0.2, -0.15) is 5.10 Å². The Balaban J connectivity index is 3.17. The van der Waals surface area contributed by atoms with E-state index in [0.29, 0.717) is 5.82 Å². The van der Waals surface area contributed by atoms with Gasteiger partial charge in [-0.3, -0.25) is 4.57 Å². The summed E-state index contributed by atoms with van der Waals surface area (Å²) in [7, 11) is 1.67. The van der Waals surface area contributed by atoms with E-state index < -0.39 is 0 Å². The topological polar surface area (TPSA) is 50.7 Å². The highest BCUT2D eigenvalue weighted by Gasteiger charge is 1.96. The van der Waals surface area contributed by atoms with Gasteiger partial charge in [0.15, 0.2) is 5.82 Å². The first-order valence-corrected chi connectivity index (χ1v) is 3.00. The van der Waals surface area contributed by atoms with E-state index in [1.165, 1.54) is 4.57 Å². The van der Waals surface area contributed by atoms with Crippen LogP contribution in [0.5, 0.6) is 0 Å². The van der Waals surface area contributed by atoms with Crippen molar-refractivity contribution in [1.29, 1.82) is 0 Å². The van der Waals surface area contributed by atoms with Gasteiger partial charge in [-0.05, 0) is 13.0 Å². The Morgan fingerprint density at radius 1 is 1.70 bits per heavy atom. The number of H-pyrrole nitrogens is 1. The van der Waals surface area contributed by atoms with Crippen LogP contribution in [0.25, 0.3) is 6.08 Å². The fourth-order valence-corrected chi connectivity index (χ4v) is 0.657. The molecule has 0 amide bonds. The zero-order valence-electron chi connectivity index (χ0n) is 5.96. The summed E-state index contributed by atoms with van der Waals surface area (Å²) in [4.78, 5) is 10.7. The Morgan fingerprint density at radius 2 is 2.40 bits per heavy atom. The predicted molar refractivity (Wildman–Crippen MR) is 38.5 cm³/mol. The van der Waals surface area contributed by atoms with Gasteiger partial charge >= 0.3 is 5.69 Å². The molecule has 0 spiro atoms. The Kier molecular flexibility index (Phi) is 1.71. The molecule has 10 heavy (non-hydrogen) atoms. The van der Waals surface area contributed by atoms with Gasteiger partial charge in [-0.15, -0.1) is 0 Å². The molecular weight excluding hydrogens is 130 g/mol. The molecule has 0 saturated heterocycles. The molecule has 0 fully saturated rings. The summed E-state index contributed by atoms with van der Waals surface area (Å²) >= 11 is 0. The largest absolute Gasteiger partial charge is 0.343 e. The molecule has 0 aliphatic heterocycles. The lowest BCUT2D eigenvalue weighted by Gasteiger charge is -1.87. The SMILES string of the molecule is C/C=C/c1n[nH]c(=O)n1C. The first-order chi connectivity index (χ1) is 4.75. The molecule has 0 saturated carbocycles. The van der Waals surface area contributed by atoms with E-state index in [0.717, 1.165) is 0 Å². The van der Waals surface area contributed by atoms with Crippen LogP contribution in [0.4, 0.5) is 0 Å². The maximum Gasteiger partial charge on any atom is 0.343 e. The first-order valence-electron chi connectivity index (χ1n) is 3.00. The molecule has 0 bridgehead atoms. The fourth-order valence-electron chi connectivity index (χ4n) is 0.657. The van der Waals surface area contributed by atoms with Crippen molar-refractivity contribution in [2.45, 2.75) is 6.92 Å². The van der Waals surface area contributed by atoms with Gasteiger partial charge in [0.1, 0.15) is 0 Å². The van der Waals surface area contributed by atoms with Crippen LogP contribution in [-0.4, -0.2) is 14.8 Å². The summed E-state index contributed by atoms with van der Waals surface area (Å²) in [6.45, 7) is 1.87. The number of allylic oxidation sites excluding steroid dienone is 1. The lowest BCUT2D eigenvalue weighted by Crippen LogP contribution is -2.13. The van der Waals surface area contributed by atoms with Crippen molar-refractivity contribution in [3.8, 4) is 0 Å². The van der Waals surface area contributed by atoms with Crippen LogP contribution in [0.3, 0.4) is 0 Å². The Morgan fingerprint density at radius 3 is 2.80 bits per heavy atom. The molecule has 1 aromatic heterocycles. The minimum absolute atomic E-state index is 0.187. The van der Waals surface area contributed by atoms with Crippen molar-refractivity contribution < 1.29 is 0 Å². The Labute approximate surface area is 58.2 Å². The van der Waals surface area contributed by atoms with Crippen LogP contribution in [0.15, 0.2) is 10.9 Å². The third-order valence-corrected chi connectivity index (χ3v) is 1.23. The van der Waals surface area contributed by atoms with Gasteiger partial charge in [0.05, 0.1) is 0 Å². The maximum atomic E-state index is 10.7. The molecule has 0 aliphatic rings. The van der Waals surface area contributed by atoms with Gasteiger partial charge in [0.2, 0.25) is 0 Å². The van der Waals surface area contributed by atoms with Gasteiger partial charge < -0.3 is 0 Å². The number of rotatable bonds is 1. The summed E-state index contributed by atoms with van der Waals surface area (Å²) in [5, 5.41) is 6.07. The molecule has 0 aromatic carbocycles. The quantitative estimate of drug-likeness (QED) is 0.601. The smallest absolute Gasteiger partial charge is 0.279 e. The number of hydrogen-bond acceptors (Lipinski definition) is 2. The zero-order chi connectivity index (χ0) is 7.56. The van der Waals surface area contributed by atoms with E-state index in [9.17, 15) is 4.79 Å². The second-order valence-corrected chi connectivity index (χ2v) is 1.95. The molecule has 4 nitrogen and oxygen atoms in total. The third-order valence-electron chi connectivity index (χ3n) is 1.23. The third kappa shape index (κ3) is 1.00. The van der Waals surface area contributed by atoms with E-state index in [-0.39, 0.29) is 5.69 Å². The predicted octanol–water partition coefficient (Wildman–Crippen LogP) is 0.141. The average molecular weight is 139 g/mol. The average Bonchev–Trinajstić information content (AvgIpc) is 2.20. The van der Waals surface area contributed by atoms with Crippen molar-refractivity contribution >= 4 is 6.08 Å². The Bertz CT molecular complexity index is 294. The van der Waals surface area contributed by atoms with Crippen molar-refractivity contribution in [2.75, 3.05) is 0 Å². The normalized spacial score (nSPS) is 11.0. The zero-order valence-corrected chi connectivity index (χ0v) is 5.96. The van der Waals surface area contributed by atoms with Gasteiger partial charge in [-0.1, -0.05) is 6.08 Å². The Hall–Kier alpha value is -1.32. The maximum absolute atomic E-state index is 10.7. The van der Waals surface area contributed by atoms with Crippen molar-refractivity contribution in [1.82, 2.24) is 14.8 Å². The molecule has 0 unspecified atom stereocenters. The lowest BCUT2D eigenvalue weighted by molar-refractivity contribution is 0.852. The number of nitrogens with zero attached hydrogens (tertiary/aromatic N) is 2. The second-order valence-electron chi connectivity index (χ2n) is 1.95. The van der Waals surface area contributed by atoms with Crippen LogP contribution in [0.2, 0.25) is 0 Å². The molecule has 1 heterocycles. The fraction of sp³-hybridized carbons (Fsp3) is 0.333. The van der Waals surface area contributed by atoms with Crippen LogP contribution >= 0.6 is 0 Å². The van der Waals surface area contributed by atoms with Crippen molar-refractivity contribution in [2.24, 2.45) is 7.05 Å². The molecule has 1 N–H and O–H groups in total. The van der Waals surface area contributed by atoms with E-state index >= 15 is 0 Å². The lowest BCUT2D eigenvalue weighted by atomic mass is 10.5. The van der Waals surface area contributed by atoms with Gasteiger partial charge in [0.25, 0.3) is 0 Å². The number of aromatic nitrogens is 3. The monoisotopic (exact) mass is 139 g/mol. The van der Waals surface area contributed by atoms with Gasteiger partial charge in [-0.25, -0.2) is 9.89 Å². The van der Waals surface area contributed by atoms with Crippen molar-refractivity contribution in [3.63, 3.8) is 0 Å². The highest BCUT2D eigenvalue weighted by molar-refractivity contribution is 5.38. The highest BCUT2D eigenvalue weighted by Crippen LogP contribution is 1.89. The number of nitrogens with one attached hydrogen (secondary N) is 1. The molecule has 1 aromatic rings. The van der Waals surface area contributed by atoms with E-state index in [4.69, 9.17) is 0 Å². The van der Waals surface area contributed by atoms with Crippen LogP contribution in [0.1, 0.15) is 12.7 Å². The van der Waals surface area contributed by atoms with Crippen LogP contribution < -0.4 is 5.69 Å². The molecule has 54 valence electrons. The minimum Gasteiger partial charge on any atom is -0.279 e. The van der Waals surface area contributed by atoms with Gasteiger partial charge in [0, 0.05) is 7.05 Å². The summed E-state index contributed by atoms with van der Waals surface area (Å²) in [5.41, 5.74) is -0.187. The summed E-state index contributed by atoms with van der Waals surface area (Å²) in [6, 6.07) is 0. The van der Waals surface area contributed by atoms with E-state index in [1.807, 2.05) is 13.0 Å². The molecule has 4 heteroatoms. The number of aromatic amines is 1. The van der Waals surface area contributed by atoms with Crippen LogP contribution in [-0.2, 0) is 7.05 Å².